The van der Waals surface area contributed by atoms with Crippen molar-refractivity contribution in [2.24, 2.45) is 0 Å². The fourth-order valence-electron chi connectivity index (χ4n) is 21.1. The second-order valence-corrected chi connectivity index (χ2v) is 33.6. The zero-order chi connectivity index (χ0) is 84.5. The van der Waals surface area contributed by atoms with Gasteiger partial charge in [0.1, 0.15) is 5.69 Å². The summed E-state index contributed by atoms with van der Waals surface area (Å²) in [5, 5.41) is 18.7. The van der Waals surface area contributed by atoms with E-state index in [0.717, 1.165) is 100 Å². The highest BCUT2D eigenvalue weighted by atomic mass is 15.2. The maximum atomic E-state index is 5.29. The van der Waals surface area contributed by atoms with E-state index in [-0.39, 0.29) is 0 Å². The molecule has 26 aromatic rings. The third-order valence-electron chi connectivity index (χ3n) is 26.6. The molecule has 29 rings (SSSR count). The minimum atomic E-state index is 0.643. The van der Waals surface area contributed by atoms with Gasteiger partial charge in [0.15, 0.2) is 23.3 Å². The molecule has 0 saturated carbocycles. The van der Waals surface area contributed by atoms with Crippen LogP contribution in [0.15, 0.2) is 425 Å². The second-order valence-electron chi connectivity index (χ2n) is 33.6. The van der Waals surface area contributed by atoms with Gasteiger partial charge >= 0.3 is 0 Å². The number of fused-ring (bicyclic) bond motifs is 12. The van der Waals surface area contributed by atoms with Crippen molar-refractivity contribution in [3.05, 3.63) is 425 Å². The van der Waals surface area contributed by atoms with Crippen LogP contribution in [0.2, 0.25) is 0 Å². The molecule has 10 heteroatoms. The van der Waals surface area contributed by atoms with Crippen LogP contribution in [0.5, 0.6) is 0 Å². The normalized spacial score (nSPS) is 12.0. The van der Waals surface area contributed by atoms with Crippen molar-refractivity contribution in [1.82, 2.24) is 48.6 Å². The highest BCUT2D eigenvalue weighted by Crippen LogP contribution is 2.54. The largest absolute Gasteiger partial charge is 0.309 e. The number of hydrogen-bond acceptors (Lipinski definition) is 7. The van der Waals surface area contributed by atoms with Crippen molar-refractivity contribution < 1.29 is 0 Å². The summed E-state index contributed by atoms with van der Waals surface area (Å²) in [5.74, 6) is 3.49. The van der Waals surface area contributed by atoms with Gasteiger partial charge in [0.05, 0.1) is 55.3 Å². The number of rotatable bonds is 8. The van der Waals surface area contributed by atoms with Crippen LogP contribution < -0.4 is 0 Å². The smallest absolute Gasteiger partial charge is 0.235 e. The lowest BCUT2D eigenvalue weighted by atomic mass is 9.93. The molecule has 0 atom stereocenters. The molecule has 0 radical (unpaired) electrons. The molecule has 0 saturated heterocycles. The summed E-state index contributed by atoms with van der Waals surface area (Å²) in [4.78, 5) is 35.9. The summed E-state index contributed by atoms with van der Waals surface area (Å²) >= 11 is 0. The van der Waals surface area contributed by atoms with Gasteiger partial charge in [-0.15, -0.1) is 0 Å². The third kappa shape index (κ3) is 11.1. The molecular weight excluding hydrogens is 1570 g/mol. The molecule has 10 nitrogen and oxygen atoms in total. The van der Waals surface area contributed by atoms with Gasteiger partial charge in [-0.2, -0.15) is 0 Å². The minimum absolute atomic E-state index is 0.643. The first-order chi connectivity index (χ1) is 64.0. The molecule has 0 fully saturated rings. The molecule has 0 bridgehead atoms. The number of nitrogens with zero attached hydrogens (tertiary/aromatic N) is 10. The molecule has 3 aliphatic carbocycles. The van der Waals surface area contributed by atoms with E-state index in [1.165, 1.54) is 148 Å². The van der Waals surface area contributed by atoms with Crippen LogP contribution in [0.25, 0.3) is 271 Å². The molecule has 0 unspecified atom stereocenters. The van der Waals surface area contributed by atoms with Crippen LogP contribution in [-0.2, 0) is 0 Å². The summed E-state index contributed by atoms with van der Waals surface area (Å²) < 4.78 is 7.00. The van der Waals surface area contributed by atoms with E-state index in [1.807, 2.05) is 72.8 Å². The average Bonchev–Trinajstić information content (AvgIpc) is 1.55. The predicted molar refractivity (Wildman–Crippen MR) is 532 cm³/mol. The van der Waals surface area contributed by atoms with E-state index in [2.05, 4.69) is 366 Å². The van der Waals surface area contributed by atoms with Crippen molar-refractivity contribution in [3.8, 4) is 141 Å². The maximum absolute atomic E-state index is 5.29. The quantitative estimate of drug-likeness (QED) is 0.149. The second kappa shape index (κ2) is 28.5. The molecule has 20 aromatic carbocycles. The van der Waals surface area contributed by atoms with Gasteiger partial charge in [0, 0.05) is 71.2 Å². The standard InChI is InChI=1S/C47H28N4.2C36H21N3/c1-2-11-31(12-3-1)45-48-46(50-47(49-45)34-21-20-29-10-4-5-13-33(29)28-34)32-22-25-35(26-23-32)51-40-19-9-18-39-37-16-7-6-15-36(37)38-17-8-14-30-24-27-41(51)44(42(30)38)43(39)40;1-2-10-23(11-3-1)35-36(38-29-18-7-6-17-28(29)37-35)39-30-19-9-16-27-25-14-5-4-13-24(25)26-15-8-12-22-20-21-31(39)34(32(22)26)33(27)30;1-2-10-23(11-3-1)35-28-15-6-7-18-29(28)37-36(38-35)39-30-19-9-17-27-25-14-5-4-13-24(25)26-16-8-12-22-20-21-31(39)34(32(22)26)33(27)30/h1-28H;2*1-21H. The Morgan fingerprint density at radius 2 is 0.496 bits per heavy atom. The van der Waals surface area contributed by atoms with Gasteiger partial charge in [-0.05, 0) is 195 Å². The lowest BCUT2D eigenvalue weighted by molar-refractivity contribution is 1.01. The highest BCUT2D eigenvalue weighted by Gasteiger charge is 2.31. The Hall–Kier alpha value is -17.5. The first-order valence-electron chi connectivity index (χ1n) is 43.8. The average molecular weight is 1640 g/mol. The van der Waals surface area contributed by atoms with Crippen molar-refractivity contribution in [2.45, 2.75) is 0 Å². The molecule has 0 aliphatic heterocycles. The monoisotopic (exact) mass is 1640 g/mol. The fourth-order valence-corrected chi connectivity index (χ4v) is 21.1. The topological polar surface area (TPSA) is 105 Å². The first kappa shape index (κ1) is 72.0. The van der Waals surface area contributed by atoms with Crippen LogP contribution in [0.3, 0.4) is 0 Å². The fraction of sp³-hybridized carbons (Fsp3) is 0. The highest BCUT2D eigenvalue weighted by molar-refractivity contribution is 6.34. The molecule has 3 aliphatic rings. The van der Waals surface area contributed by atoms with E-state index in [9.17, 15) is 0 Å². The lowest BCUT2D eigenvalue weighted by Crippen LogP contribution is -2.03. The Morgan fingerprint density at radius 3 is 1.00 bits per heavy atom. The zero-order valence-corrected chi connectivity index (χ0v) is 69.4. The predicted octanol–water partition coefficient (Wildman–Crippen LogP) is 30.3. The molecule has 0 spiro atoms. The van der Waals surface area contributed by atoms with Crippen molar-refractivity contribution >= 4 is 130 Å². The molecular formula is C119H70N10. The van der Waals surface area contributed by atoms with Crippen LogP contribution >= 0.6 is 0 Å². The molecule has 596 valence electrons. The number of para-hydroxylation sites is 3. The Kier molecular flexibility index (Phi) is 15.9. The number of hydrogen-bond donors (Lipinski definition) is 0. The van der Waals surface area contributed by atoms with Gasteiger partial charge < -0.3 is 4.57 Å². The van der Waals surface area contributed by atoms with Gasteiger partial charge in [0.25, 0.3) is 0 Å². The maximum Gasteiger partial charge on any atom is 0.235 e. The van der Waals surface area contributed by atoms with Gasteiger partial charge in [-0.1, -0.05) is 340 Å². The summed E-state index contributed by atoms with van der Waals surface area (Å²) in [6, 6.07) is 151. The van der Waals surface area contributed by atoms with Crippen LogP contribution in [0.4, 0.5) is 0 Å². The number of aromatic nitrogens is 10. The Balaban J connectivity index is 0.000000101. The van der Waals surface area contributed by atoms with Crippen molar-refractivity contribution in [1.29, 1.82) is 0 Å². The van der Waals surface area contributed by atoms with Crippen LogP contribution in [0.1, 0.15) is 0 Å². The van der Waals surface area contributed by atoms with E-state index >= 15 is 0 Å². The number of benzene rings is 20. The van der Waals surface area contributed by atoms with E-state index < -0.39 is 0 Å². The third-order valence-corrected chi connectivity index (χ3v) is 26.6. The van der Waals surface area contributed by atoms with Gasteiger partial charge in [0.2, 0.25) is 5.95 Å². The van der Waals surface area contributed by atoms with Crippen molar-refractivity contribution in [3.63, 3.8) is 0 Å². The van der Waals surface area contributed by atoms with Gasteiger partial charge in [-0.25, -0.2) is 34.9 Å². The Bertz CT molecular complexity index is 9250. The van der Waals surface area contributed by atoms with Gasteiger partial charge in [-0.3, -0.25) is 9.13 Å². The molecule has 6 aromatic heterocycles. The lowest BCUT2D eigenvalue weighted by Gasteiger charge is -2.15. The zero-order valence-electron chi connectivity index (χ0n) is 69.4. The molecule has 6 heterocycles. The molecule has 129 heavy (non-hydrogen) atoms. The van der Waals surface area contributed by atoms with E-state index in [1.54, 1.807) is 0 Å². The molecule has 0 N–H and O–H groups in total. The van der Waals surface area contributed by atoms with E-state index in [4.69, 9.17) is 34.9 Å². The Morgan fingerprint density at radius 1 is 0.163 bits per heavy atom. The summed E-state index contributed by atoms with van der Waals surface area (Å²) in [6.07, 6.45) is 0. The SMILES string of the molecule is c1ccc(-c2nc(-c3ccc(-n4c5cccc6c5c5c7c(cccc7ccc54)-c4ccccc4-6)cc3)nc(-c3ccc4ccccc4c3)n2)cc1.c1ccc(-c2nc(-n3c4cccc5c4c4c6c(cccc6ccc43)-c3ccccc3-5)nc3ccccc23)cc1.c1ccc(-c2nc3ccccc3nc2-n2c3cccc4c3c3c5c(cccc5ccc32)-c2ccccc2-4)cc1. The van der Waals surface area contributed by atoms with Crippen LogP contribution in [0, 0.1) is 0 Å². The Labute approximate surface area is 739 Å². The minimum Gasteiger partial charge on any atom is -0.309 e. The van der Waals surface area contributed by atoms with E-state index in [0.29, 0.717) is 23.4 Å². The van der Waals surface area contributed by atoms with Crippen LogP contribution in [-0.4, -0.2) is 48.6 Å². The molecule has 0 amide bonds. The van der Waals surface area contributed by atoms with Crippen molar-refractivity contribution in [2.75, 3.05) is 0 Å². The summed E-state index contributed by atoms with van der Waals surface area (Å²) in [7, 11) is 0. The first-order valence-corrected chi connectivity index (χ1v) is 43.8. The summed E-state index contributed by atoms with van der Waals surface area (Å²) in [5.41, 5.74) is 32.8. The summed E-state index contributed by atoms with van der Waals surface area (Å²) in [6.45, 7) is 0.